The number of hydrogen-bond acceptors (Lipinski definition) is 8. The van der Waals surface area contributed by atoms with Gasteiger partial charge in [0, 0.05) is 42.7 Å². The molecule has 2 aliphatic heterocycles. The monoisotopic (exact) mass is 469 g/mol. The van der Waals surface area contributed by atoms with Gasteiger partial charge in [0.1, 0.15) is 11.4 Å². The number of anilines is 2. The van der Waals surface area contributed by atoms with Gasteiger partial charge >= 0.3 is 6.01 Å². The fourth-order valence-corrected chi connectivity index (χ4v) is 5.08. The van der Waals surface area contributed by atoms with Crippen molar-refractivity contribution in [1.82, 2.24) is 15.3 Å². The number of ether oxygens (including phenoxy) is 2. The van der Waals surface area contributed by atoms with Gasteiger partial charge in [0.15, 0.2) is 0 Å². The lowest BCUT2D eigenvalue weighted by Gasteiger charge is -2.22. The molecule has 9 heteroatoms. The highest BCUT2D eigenvalue weighted by Crippen LogP contribution is 2.32. The largest absolute Gasteiger partial charge is 0.467 e. The summed E-state index contributed by atoms with van der Waals surface area (Å²) in [4.78, 5) is 27.0. The number of likely N-dealkylation sites (N-methyl/N-ethyl adjacent to an activating group) is 1. The average Bonchev–Trinajstić information content (AvgIpc) is 3.35. The van der Waals surface area contributed by atoms with Crippen molar-refractivity contribution in [1.29, 1.82) is 0 Å². The summed E-state index contributed by atoms with van der Waals surface area (Å²) in [6, 6.07) is 8.28. The zero-order valence-corrected chi connectivity index (χ0v) is 20.2. The Bertz CT molecular complexity index is 1020. The van der Waals surface area contributed by atoms with Crippen LogP contribution in [0.15, 0.2) is 41.4 Å². The molecular formula is C24H31N5O3S. The number of thioether (sulfide) groups is 1. The van der Waals surface area contributed by atoms with Crippen LogP contribution in [0.2, 0.25) is 0 Å². The molecule has 1 atom stereocenters. The first-order chi connectivity index (χ1) is 16.1. The Labute approximate surface area is 199 Å². The van der Waals surface area contributed by atoms with E-state index in [1.54, 1.807) is 11.1 Å². The number of carbonyl (C=O) groups is 1. The van der Waals surface area contributed by atoms with Crippen LogP contribution in [-0.4, -0.2) is 68.6 Å². The molecule has 2 aromatic rings. The maximum absolute atomic E-state index is 13.4. The maximum Gasteiger partial charge on any atom is 0.318 e. The van der Waals surface area contributed by atoms with Gasteiger partial charge < -0.3 is 24.6 Å². The molecule has 3 heterocycles. The minimum atomic E-state index is -0.116. The van der Waals surface area contributed by atoms with E-state index >= 15 is 0 Å². The number of fused-ring (bicyclic) bond motifs is 1. The highest BCUT2D eigenvalue weighted by molar-refractivity contribution is 8.03. The molecule has 0 spiro atoms. The van der Waals surface area contributed by atoms with Gasteiger partial charge in [0.25, 0.3) is 5.91 Å². The number of methoxy groups -OCH3 is 1. The summed E-state index contributed by atoms with van der Waals surface area (Å²) in [5.41, 5.74) is 2.36. The lowest BCUT2D eigenvalue weighted by molar-refractivity contribution is 0.0646. The van der Waals surface area contributed by atoms with E-state index in [2.05, 4.69) is 21.4 Å². The minimum Gasteiger partial charge on any atom is -0.467 e. The first-order valence-corrected chi connectivity index (χ1v) is 12.2. The maximum atomic E-state index is 13.4. The van der Waals surface area contributed by atoms with Crippen LogP contribution in [-0.2, 0) is 11.3 Å². The highest BCUT2D eigenvalue weighted by atomic mass is 32.2. The van der Waals surface area contributed by atoms with Crippen LogP contribution >= 0.6 is 11.8 Å². The van der Waals surface area contributed by atoms with Crippen LogP contribution in [0.25, 0.3) is 0 Å². The molecule has 2 aliphatic rings. The fourth-order valence-electron chi connectivity index (χ4n) is 4.00. The normalized spacial score (nSPS) is 16.9. The van der Waals surface area contributed by atoms with E-state index in [1.165, 1.54) is 12.0 Å². The molecule has 1 amide bonds. The number of hydrogen-bond donors (Lipinski definition) is 1. The molecule has 0 bridgehead atoms. The molecule has 1 N–H and O–H groups in total. The summed E-state index contributed by atoms with van der Waals surface area (Å²) >= 11 is 1.89. The number of rotatable bonds is 9. The first kappa shape index (κ1) is 23.5. The molecule has 1 aromatic heterocycles. The van der Waals surface area contributed by atoms with E-state index < -0.39 is 0 Å². The Morgan fingerprint density at radius 2 is 2.18 bits per heavy atom. The smallest absolute Gasteiger partial charge is 0.318 e. The molecule has 176 valence electrons. The number of amides is 1. The van der Waals surface area contributed by atoms with Crippen molar-refractivity contribution in [3.05, 3.63) is 52.6 Å². The van der Waals surface area contributed by atoms with Gasteiger partial charge in [0.2, 0.25) is 0 Å². The number of benzene rings is 1. The van der Waals surface area contributed by atoms with Gasteiger partial charge in [-0.15, -0.1) is 11.8 Å². The van der Waals surface area contributed by atoms with Crippen LogP contribution in [0, 0.1) is 0 Å². The van der Waals surface area contributed by atoms with Crippen molar-refractivity contribution in [2.75, 3.05) is 56.4 Å². The van der Waals surface area contributed by atoms with E-state index in [4.69, 9.17) is 9.47 Å². The van der Waals surface area contributed by atoms with Gasteiger partial charge in [-0.05, 0) is 44.1 Å². The van der Waals surface area contributed by atoms with Crippen LogP contribution in [0.3, 0.4) is 0 Å². The number of carbonyl (C=O) groups excluding carboxylic acids is 1. The molecule has 0 saturated carbocycles. The summed E-state index contributed by atoms with van der Waals surface area (Å²) in [6.07, 6.45) is 5.98. The Balaban J connectivity index is 1.51. The number of allylic oxidation sites excluding steroid dienone is 1. The number of aromatic nitrogens is 2. The van der Waals surface area contributed by atoms with Crippen molar-refractivity contribution in [2.24, 2.45) is 0 Å². The summed E-state index contributed by atoms with van der Waals surface area (Å²) < 4.78 is 11.5. The van der Waals surface area contributed by atoms with Crippen LogP contribution in [0.5, 0.6) is 6.01 Å². The third kappa shape index (κ3) is 5.48. The molecule has 8 nitrogen and oxygen atoms in total. The van der Waals surface area contributed by atoms with Crippen molar-refractivity contribution in [2.45, 2.75) is 25.6 Å². The lowest BCUT2D eigenvalue weighted by Crippen LogP contribution is -2.33. The van der Waals surface area contributed by atoms with Gasteiger partial charge in [-0.25, -0.2) is 4.98 Å². The molecule has 0 saturated heterocycles. The summed E-state index contributed by atoms with van der Waals surface area (Å²) in [6.45, 7) is 2.60. The molecule has 0 radical (unpaired) electrons. The van der Waals surface area contributed by atoms with E-state index in [0.29, 0.717) is 31.1 Å². The molecule has 33 heavy (non-hydrogen) atoms. The summed E-state index contributed by atoms with van der Waals surface area (Å²) in [7, 11) is 5.41. The predicted molar refractivity (Wildman–Crippen MR) is 132 cm³/mol. The zero-order valence-electron chi connectivity index (χ0n) is 19.4. The average molecular weight is 470 g/mol. The Morgan fingerprint density at radius 1 is 1.30 bits per heavy atom. The highest BCUT2D eigenvalue weighted by Gasteiger charge is 2.28. The quantitative estimate of drug-likeness (QED) is 0.600. The first-order valence-electron chi connectivity index (χ1n) is 11.2. The molecule has 0 aliphatic carbocycles. The molecule has 1 unspecified atom stereocenters. The Hall–Kier alpha value is -2.62. The van der Waals surface area contributed by atoms with Crippen LogP contribution < -0.4 is 19.9 Å². The third-order valence-corrected chi connectivity index (χ3v) is 7.01. The van der Waals surface area contributed by atoms with E-state index in [-0.39, 0.29) is 18.0 Å². The predicted octanol–water partition coefficient (Wildman–Crippen LogP) is 3.10. The second kappa shape index (κ2) is 11.0. The second-order valence-electron chi connectivity index (χ2n) is 8.08. The zero-order chi connectivity index (χ0) is 23.2. The van der Waals surface area contributed by atoms with Gasteiger partial charge in [-0.2, -0.15) is 4.98 Å². The van der Waals surface area contributed by atoms with Crippen molar-refractivity contribution in [3.63, 3.8) is 0 Å². The van der Waals surface area contributed by atoms with Crippen LogP contribution in [0.4, 0.5) is 11.5 Å². The van der Waals surface area contributed by atoms with Gasteiger partial charge in [-0.3, -0.25) is 4.79 Å². The van der Waals surface area contributed by atoms with Crippen LogP contribution in [0.1, 0.15) is 28.8 Å². The van der Waals surface area contributed by atoms with Crippen molar-refractivity contribution < 1.29 is 14.3 Å². The summed E-state index contributed by atoms with van der Waals surface area (Å²) in [5, 5.41) is 3.22. The second-order valence-corrected chi connectivity index (χ2v) is 9.25. The molecular weight excluding hydrogens is 438 g/mol. The van der Waals surface area contributed by atoms with E-state index in [0.717, 1.165) is 36.4 Å². The molecule has 1 aromatic carbocycles. The third-order valence-electron chi connectivity index (χ3n) is 5.80. The standard InChI is InChI=1S/C24H31N5O3S/c1-25-10-9-20(21-8-5-13-33-21)32-16-17-6-4-7-18(14-17)29-12-11-28(2)22-19(23(29)30)15-26-24(27-22)31-3/h4,6-8,14-15,20,25H,5,9-13,16H2,1-3H3. The fraction of sp³-hybridized carbons (Fsp3) is 0.458. The number of nitrogens with one attached hydrogen (secondary N) is 1. The Morgan fingerprint density at radius 3 is 2.94 bits per heavy atom. The molecule has 0 fully saturated rings. The molecule has 4 rings (SSSR count). The van der Waals surface area contributed by atoms with Gasteiger partial charge in [0.05, 0.1) is 19.8 Å². The lowest BCUT2D eigenvalue weighted by atomic mass is 10.1. The van der Waals surface area contributed by atoms with E-state index in [1.807, 2.05) is 55.0 Å². The Kier molecular flexibility index (Phi) is 7.85. The van der Waals surface area contributed by atoms with Crippen molar-refractivity contribution in [3.8, 4) is 6.01 Å². The minimum absolute atomic E-state index is 0.0982. The SMILES string of the molecule is CNCCC(OCc1cccc(N2CCN(C)c3nc(OC)ncc3C2=O)c1)C1=CCCS1. The number of nitrogens with zero attached hydrogens (tertiary/aromatic N) is 4. The van der Waals surface area contributed by atoms with E-state index in [9.17, 15) is 4.79 Å². The topological polar surface area (TPSA) is 79.8 Å². The van der Waals surface area contributed by atoms with Crippen molar-refractivity contribution >= 4 is 29.2 Å². The summed E-state index contributed by atoms with van der Waals surface area (Å²) in [5.74, 6) is 1.60. The van der Waals surface area contributed by atoms with Gasteiger partial charge in [-0.1, -0.05) is 18.2 Å².